The van der Waals surface area contributed by atoms with Crippen LogP contribution in [0.3, 0.4) is 0 Å². The van der Waals surface area contributed by atoms with Gasteiger partial charge in [0.15, 0.2) is 11.5 Å². The van der Waals surface area contributed by atoms with Crippen molar-refractivity contribution in [1.82, 2.24) is 14.5 Å². The molecule has 224 valence electrons. The number of benzene rings is 3. The van der Waals surface area contributed by atoms with E-state index >= 15 is 0 Å². The van der Waals surface area contributed by atoms with Gasteiger partial charge in [-0.15, -0.1) is 13.2 Å². The second-order valence-electron chi connectivity index (χ2n) is 10.3. The van der Waals surface area contributed by atoms with Crippen LogP contribution in [0, 0.1) is 4.78 Å². The van der Waals surface area contributed by atoms with E-state index in [0.29, 0.717) is 22.9 Å². The monoisotopic (exact) mass is 605 g/mol. The smallest absolute Gasteiger partial charge is 0.453 e. The number of para-hydroxylation sites is 4. The molecule has 4 unspecified atom stereocenters. The highest BCUT2D eigenvalue weighted by Crippen LogP contribution is 2.48. The Labute approximate surface area is 241 Å². The van der Waals surface area contributed by atoms with Crippen molar-refractivity contribution >= 4 is 27.2 Å². The number of nitrogens with zero attached hydrogens (tertiary/aromatic N) is 3. The topological polar surface area (TPSA) is 118 Å². The second kappa shape index (κ2) is 11.4. The number of carbonyl (C=O) groups excluding carboxylic acids is 1. The summed E-state index contributed by atoms with van der Waals surface area (Å²) in [6.45, 7) is 0.156. The SMILES string of the molecule is CN(C)CC(=O)N1CC(NS(=N)(=O)c2ccc(OC(F)(F)F)cc2)C(O)C(N2c3ccccc3Oc3ccccc32)C1. The quantitative estimate of drug-likeness (QED) is 0.374. The van der Waals surface area contributed by atoms with Crippen LogP contribution in [-0.2, 0) is 14.7 Å². The minimum Gasteiger partial charge on any atom is -0.453 e. The average Bonchev–Trinajstić information content (AvgIpc) is 2.92. The van der Waals surface area contributed by atoms with Crippen LogP contribution in [-0.4, -0.2) is 83.3 Å². The lowest BCUT2D eigenvalue weighted by molar-refractivity contribution is -0.274. The number of piperidine rings is 1. The van der Waals surface area contributed by atoms with E-state index in [1.165, 1.54) is 0 Å². The fourth-order valence-corrected chi connectivity index (χ4v) is 6.44. The van der Waals surface area contributed by atoms with Crippen molar-refractivity contribution in [3.05, 3.63) is 72.8 Å². The number of rotatable bonds is 7. The lowest BCUT2D eigenvalue weighted by atomic mass is 9.94. The van der Waals surface area contributed by atoms with Crippen LogP contribution in [0.2, 0.25) is 0 Å². The highest BCUT2D eigenvalue weighted by molar-refractivity contribution is 7.90. The molecule has 2 heterocycles. The minimum atomic E-state index is -4.90. The third kappa shape index (κ3) is 6.31. The average molecular weight is 606 g/mol. The van der Waals surface area contributed by atoms with Gasteiger partial charge in [-0.2, -0.15) is 0 Å². The molecule has 14 heteroatoms. The van der Waals surface area contributed by atoms with E-state index in [-0.39, 0.29) is 30.4 Å². The summed E-state index contributed by atoms with van der Waals surface area (Å²) in [4.78, 5) is 18.3. The summed E-state index contributed by atoms with van der Waals surface area (Å²) >= 11 is 0. The molecule has 3 aromatic carbocycles. The molecule has 1 amide bonds. The molecule has 0 spiro atoms. The molecule has 2 aliphatic rings. The standard InChI is InChI=1S/C28H30F3N5O5S/c1-34(2)17-26(37)35-15-20(33-42(32,39)19-13-11-18(12-14-19)41-28(29,30)31)27(38)23(16-35)36-21-7-3-5-9-24(21)40-25-10-6-4-8-22(25)36/h3-14,20,23,27,38H,15-17H2,1-2H3,(H2,32,33,39). The molecule has 0 saturated carbocycles. The summed E-state index contributed by atoms with van der Waals surface area (Å²) in [5.41, 5.74) is 1.32. The zero-order valence-corrected chi connectivity index (χ0v) is 23.6. The maximum Gasteiger partial charge on any atom is 0.573 e. The van der Waals surface area contributed by atoms with E-state index in [0.717, 1.165) is 24.3 Å². The van der Waals surface area contributed by atoms with Crippen molar-refractivity contribution in [1.29, 1.82) is 4.78 Å². The number of hydrogen-bond acceptors (Lipinski definition) is 8. The molecule has 5 rings (SSSR count). The number of hydrogen-bond donors (Lipinski definition) is 3. The molecule has 0 bridgehead atoms. The maximum absolute atomic E-state index is 13.6. The van der Waals surface area contributed by atoms with Crippen LogP contribution in [0.1, 0.15) is 0 Å². The Bertz CT molecular complexity index is 1510. The van der Waals surface area contributed by atoms with Crippen LogP contribution in [0.4, 0.5) is 24.5 Å². The van der Waals surface area contributed by atoms with Crippen LogP contribution in [0.15, 0.2) is 77.7 Å². The van der Waals surface area contributed by atoms with Gasteiger partial charge in [-0.1, -0.05) is 24.3 Å². The number of ether oxygens (including phenoxy) is 2. The fraction of sp³-hybridized carbons (Fsp3) is 0.321. The molecule has 4 atom stereocenters. The minimum absolute atomic E-state index is 0.0525. The van der Waals surface area contributed by atoms with Gasteiger partial charge in [0.2, 0.25) is 5.91 Å². The molecule has 0 radical (unpaired) electrons. The van der Waals surface area contributed by atoms with E-state index in [1.807, 2.05) is 41.3 Å². The van der Waals surface area contributed by atoms with E-state index in [9.17, 15) is 27.3 Å². The van der Waals surface area contributed by atoms with Crippen molar-refractivity contribution in [3.8, 4) is 17.2 Å². The maximum atomic E-state index is 13.6. The number of halogens is 3. The van der Waals surface area contributed by atoms with E-state index < -0.39 is 40.2 Å². The number of amides is 1. The third-order valence-electron chi connectivity index (χ3n) is 6.94. The largest absolute Gasteiger partial charge is 0.573 e. The predicted octanol–water partition coefficient (Wildman–Crippen LogP) is 3.94. The highest BCUT2D eigenvalue weighted by atomic mass is 32.2. The summed E-state index contributed by atoms with van der Waals surface area (Å²) < 4.78 is 72.5. The Kier molecular flexibility index (Phi) is 8.07. The van der Waals surface area contributed by atoms with Gasteiger partial charge < -0.3 is 29.3 Å². The molecule has 0 aromatic heterocycles. The van der Waals surface area contributed by atoms with E-state index in [2.05, 4.69) is 9.46 Å². The Morgan fingerprint density at radius 2 is 1.62 bits per heavy atom. The van der Waals surface area contributed by atoms with Crippen molar-refractivity contribution in [2.45, 2.75) is 29.4 Å². The Morgan fingerprint density at radius 1 is 1.05 bits per heavy atom. The van der Waals surface area contributed by atoms with Crippen molar-refractivity contribution in [2.75, 3.05) is 38.6 Å². The number of carbonyl (C=O) groups is 1. The molecular formula is C28H30F3N5O5S. The number of anilines is 2. The molecule has 0 aliphatic carbocycles. The summed E-state index contributed by atoms with van der Waals surface area (Å²) in [5.74, 6) is 0.346. The molecule has 2 aliphatic heterocycles. The molecule has 1 fully saturated rings. The van der Waals surface area contributed by atoms with Crippen LogP contribution in [0.25, 0.3) is 0 Å². The first-order chi connectivity index (χ1) is 19.8. The Balaban J connectivity index is 1.49. The molecular weight excluding hydrogens is 575 g/mol. The van der Waals surface area contributed by atoms with Gasteiger partial charge in [0.25, 0.3) is 0 Å². The lowest BCUT2D eigenvalue weighted by Gasteiger charge is -2.48. The number of fused-ring (bicyclic) bond motifs is 2. The van der Waals surface area contributed by atoms with Gasteiger partial charge in [0.1, 0.15) is 15.7 Å². The Morgan fingerprint density at radius 3 is 2.17 bits per heavy atom. The van der Waals surface area contributed by atoms with Crippen LogP contribution < -0.4 is 19.1 Å². The van der Waals surface area contributed by atoms with Gasteiger partial charge in [0, 0.05) is 13.1 Å². The van der Waals surface area contributed by atoms with Gasteiger partial charge >= 0.3 is 6.36 Å². The number of aliphatic hydroxyl groups is 1. The van der Waals surface area contributed by atoms with Crippen molar-refractivity contribution < 1.29 is 36.8 Å². The molecule has 3 aromatic rings. The number of likely N-dealkylation sites (N-methyl/N-ethyl adjacent to an activating group) is 1. The summed E-state index contributed by atoms with van der Waals surface area (Å²) in [7, 11) is -0.337. The van der Waals surface area contributed by atoms with Crippen LogP contribution in [0.5, 0.6) is 17.2 Å². The molecule has 10 nitrogen and oxygen atoms in total. The normalized spacial score (nSPS) is 21.6. The number of nitrogens with one attached hydrogen (secondary N) is 2. The third-order valence-corrected chi connectivity index (χ3v) is 8.51. The zero-order valence-electron chi connectivity index (χ0n) is 22.7. The molecule has 1 saturated heterocycles. The Hall–Kier alpha value is -3.85. The van der Waals surface area contributed by atoms with Crippen molar-refractivity contribution in [3.63, 3.8) is 0 Å². The molecule has 3 N–H and O–H groups in total. The first kappa shape index (κ1) is 29.6. The second-order valence-corrected chi connectivity index (χ2v) is 12.1. The first-order valence-corrected chi connectivity index (χ1v) is 14.6. The summed E-state index contributed by atoms with van der Waals surface area (Å²) in [6, 6.07) is 16.9. The van der Waals surface area contributed by atoms with Gasteiger partial charge in [-0.25, -0.2) is 13.7 Å². The van der Waals surface area contributed by atoms with Gasteiger partial charge in [-0.3, -0.25) is 4.79 Å². The van der Waals surface area contributed by atoms with E-state index in [4.69, 9.17) is 9.52 Å². The first-order valence-electron chi connectivity index (χ1n) is 13.0. The molecule has 42 heavy (non-hydrogen) atoms. The van der Waals surface area contributed by atoms with E-state index in [1.54, 1.807) is 36.0 Å². The number of aliphatic hydroxyl groups excluding tert-OH is 1. The number of likely N-dealkylation sites (tertiary alicyclic amines) is 1. The highest BCUT2D eigenvalue weighted by Gasteiger charge is 2.44. The fourth-order valence-electron chi connectivity index (χ4n) is 5.14. The summed E-state index contributed by atoms with van der Waals surface area (Å²) in [5, 5.41) is 11.7. The van der Waals surface area contributed by atoms with Crippen molar-refractivity contribution in [2.24, 2.45) is 0 Å². The predicted molar refractivity (Wildman–Crippen MR) is 149 cm³/mol. The van der Waals surface area contributed by atoms with Crippen LogP contribution >= 0.6 is 0 Å². The van der Waals surface area contributed by atoms with Gasteiger partial charge in [0.05, 0.1) is 41.0 Å². The summed E-state index contributed by atoms with van der Waals surface area (Å²) in [6.07, 6.45) is -6.13. The zero-order chi connectivity index (χ0) is 30.2. The van der Waals surface area contributed by atoms with Gasteiger partial charge in [-0.05, 0) is 62.6 Å². The lowest BCUT2D eigenvalue weighted by Crippen LogP contribution is -2.66. The number of alkyl halides is 3.